The van der Waals surface area contributed by atoms with Crippen molar-refractivity contribution in [2.45, 2.75) is 37.3 Å². The van der Waals surface area contributed by atoms with Crippen LogP contribution in [0, 0.1) is 5.41 Å². The van der Waals surface area contributed by atoms with Crippen LogP contribution in [-0.2, 0) is 30.6 Å². The molecule has 3 aromatic carbocycles. The van der Waals surface area contributed by atoms with Gasteiger partial charge in [-0.3, -0.25) is 14.4 Å². The molecular weight excluding hydrogens is 544 g/mol. The van der Waals surface area contributed by atoms with Crippen molar-refractivity contribution < 1.29 is 27.9 Å². The van der Waals surface area contributed by atoms with Crippen LogP contribution in [0.5, 0.6) is 0 Å². The number of amides is 3. The van der Waals surface area contributed by atoms with E-state index in [2.05, 4.69) is 10.6 Å². The van der Waals surface area contributed by atoms with Crippen molar-refractivity contribution in [1.29, 1.82) is 0 Å². The molecule has 0 saturated carbocycles. The monoisotopic (exact) mass is 578 g/mol. The third-order valence-electron chi connectivity index (χ3n) is 6.95. The van der Waals surface area contributed by atoms with Crippen LogP contribution < -0.4 is 21.3 Å². The number of aliphatic hydroxyl groups excluding tert-OH is 1. The van der Waals surface area contributed by atoms with Gasteiger partial charge in [-0.25, -0.2) is 8.42 Å². The molecule has 0 aliphatic carbocycles. The molecule has 10 nitrogen and oxygen atoms in total. The highest BCUT2D eigenvalue weighted by molar-refractivity contribution is 7.94. The van der Waals surface area contributed by atoms with E-state index in [0.717, 1.165) is 27.8 Å². The number of nitrogens with zero attached hydrogens (tertiary/aromatic N) is 1. The molecule has 11 heteroatoms. The van der Waals surface area contributed by atoms with Gasteiger partial charge >= 0.3 is 0 Å². The summed E-state index contributed by atoms with van der Waals surface area (Å²) in [5.41, 5.74) is 5.22. The average molecular weight is 579 g/mol. The van der Waals surface area contributed by atoms with E-state index in [1.807, 2.05) is 42.5 Å². The van der Waals surface area contributed by atoms with Gasteiger partial charge in [0.1, 0.15) is 6.04 Å². The van der Waals surface area contributed by atoms with E-state index in [4.69, 9.17) is 5.73 Å². The minimum Gasteiger partial charge on any atom is -0.390 e. The van der Waals surface area contributed by atoms with Crippen molar-refractivity contribution in [3.05, 3.63) is 83.8 Å². The zero-order valence-corrected chi connectivity index (χ0v) is 23.7. The second-order valence-corrected chi connectivity index (χ2v) is 12.5. The number of aliphatic hydroxyl groups is 1. The first-order chi connectivity index (χ1) is 19.4. The molecule has 2 atom stereocenters. The maximum Gasteiger partial charge on any atom is 0.251 e. The number of nitrogens with two attached hydrogens (primary N) is 1. The molecule has 0 aromatic heterocycles. The minimum atomic E-state index is -3.84. The van der Waals surface area contributed by atoms with Gasteiger partial charge in [0.05, 0.1) is 22.1 Å². The number of carbonyl (C=O) groups is 3. The Bertz CT molecular complexity index is 1600. The Hall–Kier alpha value is -4.06. The molecule has 0 saturated heterocycles. The number of nitrogens with one attached hydrogen (secondary N) is 2. The minimum absolute atomic E-state index is 0.0367. The first kappa shape index (κ1) is 29.9. The lowest BCUT2D eigenvalue weighted by Gasteiger charge is -2.33. The molecule has 1 heterocycles. The summed E-state index contributed by atoms with van der Waals surface area (Å²) in [5, 5.41) is 18.2. The lowest BCUT2D eigenvalue weighted by Crippen LogP contribution is -2.55. The average Bonchev–Trinajstić information content (AvgIpc) is 3.05. The van der Waals surface area contributed by atoms with Crippen LogP contribution in [0.25, 0.3) is 10.8 Å². The normalized spacial score (nSPS) is 16.0. The lowest BCUT2D eigenvalue weighted by molar-refractivity contribution is -0.134. The molecule has 3 aromatic rings. The third-order valence-corrected chi connectivity index (χ3v) is 8.40. The molecule has 1 aliphatic heterocycles. The summed E-state index contributed by atoms with van der Waals surface area (Å²) in [6, 6.07) is 18.7. The van der Waals surface area contributed by atoms with E-state index in [-0.39, 0.29) is 36.6 Å². The molecule has 4 rings (SSSR count). The second-order valence-electron chi connectivity index (χ2n) is 10.7. The molecule has 216 valence electrons. The van der Waals surface area contributed by atoms with Crippen molar-refractivity contribution in [2.24, 2.45) is 11.1 Å². The Morgan fingerprint density at radius 1 is 1.02 bits per heavy atom. The smallest absolute Gasteiger partial charge is 0.251 e. The van der Waals surface area contributed by atoms with Gasteiger partial charge in [0.15, 0.2) is 0 Å². The maximum absolute atomic E-state index is 13.6. The van der Waals surface area contributed by atoms with E-state index < -0.39 is 45.1 Å². The molecule has 0 bridgehead atoms. The van der Waals surface area contributed by atoms with Crippen molar-refractivity contribution in [1.82, 2.24) is 10.6 Å². The molecule has 41 heavy (non-hydrogen) atoms. The molecule has 1 aliphatic rings. The highest BCUT2D eigenvalue weighted by Crippen LogP contribution is 2.32. The predicted octanol–water partition coefficient (Wildman–Crippen LogP) is 1.66. The molecule has 1 unspecified atom stereocenters. The van der Waals surface area contributed by atoms with Crippen LogP contribution >= 0.6 is 0 Å². The topological polar surface area (TPSA) is 159 Å². The van der Waals surface area contributed by atoms with Gasteiger partial charge in [0.25, 0.3) is 5.91 Å². The van der Waals surface area contributed by atoms with E-state index in [1.54, 1.807) is 26.0 Å². The fourth-order valence-electron chi connectivity index (χ4n) is 4.57. The lowest BCUT2D eigenvalue weighted by atomic mass is 9.90. The Morgan fingerprint density at radius 3 is 2.44 bits per heavy atom. The predicted molar refractivity (Wildman–Crippen MR) is 157 cm³/mol. The van der Waals surface area contributed by atoms with Crippen molar-refractivity contribution in [3.63, 3.8) is 0 Å². The van der Waals surface area contributed by atoms with E-state index in [0.29, 0.717) is 0 Å². The summed E-state index contributed by atoms with van der Waals surface area (Å²) < 4.78 is 25.4. The highest BCUT2D eigenvalue weighted by Gasteiger charge is 2.37. The molecule has 5 N–H and O–H groups in total. The van der Waals surface area contributed by atoms with E-state index in [9.17, 15) is 27.9 Å². The number of sulfone groups is 1. The number of para-hydroxylation sites is 1. The highest BCUT2D eigenvalue weighted by atomic mass is 32.2. The molecule has 0 spiro atoms. The number of rotatable bonds is 10. The van der Waals surface area contributed by atoms with Gasteiger partial charge in [0.2, 0.25) is 21.7 Å². The maximum atomic E-state index is 13.6. The summed E-state index contributed by atoms with van der Waals surface area (Å²) in [6.07, 6.45) is 0.206. The first-order valence-electron chi connectivity index (χ1n) is 13.2. The van der Waals surface area contributed by atoms with Crippen LogP contribution in [0.3, 0.4) is 0 Å². The SMILES string of the molecule is CC(C)(CN1C(=O)C=CS(=O)(=O)c2ccccc21)C(=O)N[C@H](Cc1ccc2ccccc2c1)C(=O)NCC(O)CN. The van der Waals surface area contributed by atoms with Crippen LogP contribution in [0.1, 0.15) is 19.4 Å². The standard InChI is InChI=1S/C30H34N4O6S/c1-30(2,19-34-25-9-5-6-10-26(25)41(39,40)14-13-27(34)36)29(38)33-24(28(37)32-18-23(35)17-31)16-20-11-12-21-7-3-4-8-22(21)15-20/h3-15,23-24,35H,16-19,31H2,1-2H3,(H,32,37)(H,33,38)/t23?,24-/m1/s1. The second kappa shape index (κ2) is 12.2. The zero-order chi connectivity index (χ0) is 29.8. The molecule has 0 radical (unpaired) electrons. The Morgan fingerprint density at radius 2 is 1.71 bits per heavy atom. The van der Waals surface area contributed by atoms with Gasteiger partial charge in [-0.2, -0.15) is 0 Å². The van der Waals surface area contributed by atoms with Gasteiger partial charge in [-0.15, -0.1) is 0 Å². The van der Waals surface area contributed by atoms with Crippen molar-refractivity contribution in [3.8, 4) is 0 Å². The quantitative estimate of drug-likeness (QED) is 0.285. The summed E-state index contributed by atoms with van der Waals surface area (Å²) in [4.78, 5) is 41.0. The summed E-state index contributed by atoms with van der Waals surface area (Å²) >= 11 is 0. The number of anilines is 1. The Balaban J connectivity index is 1.58. The number of hydrogen-bond acceptors (Lipinski definition) is 7. The van der Waals surface area contributed by atoms with Gasteiger partial charge in [-0.1, -0.05) is 54.6 Å². The Kier molecular flexibility index (Phi) is 8.91. The number of carbonyl (C=O) groups excluding carboxylic acids is 3. The molecule has 0 fully saturated rings. The third kappa shape index (κ3) is 6.99. The first-order valence-corrected chi connectivity index (χ1v) is 14.7. The van der Waals surface area contributed by atoms with Crippen molar-refractivity contribution in [2.75, 3.05) is 24.5 Å². The van der Waals surface area contributed by atoms with Gasteiger partial charge < -0.3 is 26.4 Å². The van der Waals surface area contributed by atoms with Crippen LogP contribution in [0.15, 0.2) is 83.1 Å². The molecule has 3 amide bonds. The van der Waals surface area contributed by atoms with Crippen LogP contribution in [0.2, 0.25) is 0 Å². The largest absolute Gasteiger partial charge is 0.390 e. The fourth-order valence-corrected chi connectivity index (χ4v) is 5.75. The number of fused-ring (bicyclic) bond motifs is 2. The van der Waals surface area contributed by atoms with Gasteiger partial charge in [0, 0.05) is 37.5 Å². The van der Waals surface area contributed by atoms with Crippen LogP contribution in [-0.4, -0.2) is 63.0 Å². The number of hydrogen-bond donors (Lipinski definition) is 4. The van der Waals surface area contributed by atoms with Crippen LogP contribution in [0.4, 0.5) is 5.69 Å². The zero-order valence-electron chi connectivity index (χ0n) is 22.9. The Labute approximate surface area is 239 Å². The summed E-state index contributed by atoms with van der Waals surface area (Å²) in [7, 11) is -3.84. The van der Waals surface area contributed by atoms with E-state index in [1.165, 1.54) is 17.0 Å². The summed E-state index contributed by atoms with van der Waals surface area (Å²) in [6.45, 7) is 2.97. The van der Waals surface area contributed by atoms with Crippen molar-refractivity contribution >= 4 is 44.0 Å². The van der Waals surface area contributed by atoms with E-state index >= 15 is 0 Å². The van der Waals surface area contributed by atoms with Gasteiger partial charge in [-0.05, 0) is 42.3 Å². The fraction of sp³-hybridized carbons (Fsp3) is 0.300. The molecular formula is C30H34N4O6S. The number of benzene rings is 3. The summed E-state index contributed by atoms with van der Waals surface area (Å²) in [5.74, 6) is -1.60.